The molecule has 0 N–H and O–H groups in total. The van der Waals surface area contributed by atoms with Crippen LogP contribution in [0, 0.1) is 13.8 Å². The number of ketones is 1. The maximum absolute atomic E-state index is 12.3. The van der Waals surface area contributed by atoms with E-state index in [-0.39, 0.29) is 5.78 Å². The molecule has 0 saturated heterocycles. The lowest BCUT2D eigenvalue weighted by molar-refractivity contribution is 0.0977. The van der Waals surface area contributed by atoms with Gasteiger partial charge in [-0.3, -0.25) is 4.79 Å². The average Bonchev–Trinajstić information content (AvgIpc) is 2.53. The summed E-state index contributed by atoms with van der Waals surface area (Å²) >= 11 is 5.67. The topological polar surface area (TPSA) is 26.3 Å². The molecule has 116 valence electrons. The lowest BCUT2D eigenvalue weighted by Gasteiger charge is -2.12. The highest BCUT2D eigenvalue weighted by Gasteiger charge is 2.13. The van der Waals surface area contributed by atoms with Gasteiger partial charge in [-0.1, -0.05) is 41.5 Å². The molecule has 0 spiro atoms. The summed E-state index contributed by atoms with van der Waals surface area (Å²) in [5.41, 5.74) is 4.01. The van der Waals surface area contributed by atoms with Crippen molar-refractivity contribution < 1.29 is 9.53 Å². The Labute approximate surface area is 137 Å². The lowest BCUT2D eigenvalue weighted by atomic mass is 10.0. The van der Waals surface area contributed by atoms with Crippen LogP contribution in [-0.4, -0.2) is 11.7 Å². The lowest BCUT2D eigenvalue weighted by Crippen LogP contribution is -2.05. The third-order valence-corrected chi connectivity index (χ3v) is 3.76. The predicted octanol–water partition coefficient (Wildman–Crippen LogP) is 5.08. The highest BCUT2D eigenvalue weighted by molar-refractivity contribution is 6.18. The molecular weight excluding hydrogens is 296 g/mol. The molecule has 2 nitrogen and oxygen atoms in total. The van der Waals surface area contributed by atoms with Crippen LogP contribution in [0.2, 0.25) is 0 Å². The first-order chi connectivity index (χ1) is 10.6. The number of rotatable bonds is 7. The first-order valence-electron chi connectivity index (χ1n) is 7.48. The van der Waals surface area contributed by atoms with Crippen LogP contribution in [0.5, 0.6) is 5.75 Å². The van der Waals surface area contributed by atoms with Crippen molar-refractivity contribution in [3.05, 3.63) is 64.7 Å². The predicted molar refractivity (Wildman–Crippen MR) is 91.0 cm³/mol. The van der Waals surface area contributed by atoms with E-state index < -0.39 is 0 Å². The second kappa shape index (κ2) is 8.00. The number of benzene rings is 2. The van der Waals surface area contributed by atoms with Gasteiger partial charge in [-0.05, 0) is 38.0 Å². The van der Waals surface area contributed by atoms with Gasteiger partial charge in [0.2, 0.25) is 0 Å². The zero-order valence-corrected chi connectivity index (χ0v) is 13.8. The minimum Gasteiger partial charge on any atom is -0.488 e. The molecule has 0 amide bonds. The van der Waals surface area contributed by atoms with Crippen LogP contribution in [0.3, 0.4) is 0 Å². The Bertz CT molecular complexity index is 632. The summed E-state index contributed by atoms with van der Waals surface area (Å²) in [4.78, 5) is 12.3. The van der Waals surface area contributed by atoms with Gasteiger partial charge in [-0.2, -0.15) is 0 Å². The number of carbonyl (C=O) groups is 1. The van der Waals surface area contributed by atoms with E-state index >= 15 is 0 Å². The molecule has 0 heterocycles. The standard InChI is InChI=1S/C19H21ClO2/c1-14-5-8-16(9-6-14)13-22-19-10-7-15(2)12-17(19)18(21)4-3-11-20/h5-10,12H,3-4,11,13H2,1-2H3. The van der Waals surface area contributed by atoms with Gasteiger partial charge in [0.15, 0.2) is 5.78 Å². The molecular formula is C19H21ClO2. The fourth-order valence-corrected chi connectivity index (χ4v) is 2.33. The highest BCUT2D eigenvalue weighted by atomic mass is 35.5. The Kier molecular flexibility index (Phi) is 6.02. The van der Waals surface area contributed by atoms with Crippen LogP contribution in [0.15, 0.2) is 42.5 Å². The van der Waals surface area contributed by atoms with E-state index in [4.69, 9.17) is 16.3 Å². The number of Topliss-reactive ketones (excluding diaryl/α,β-unsaturated/α-hetero) is 1. The van der Waals surface area contributed by atoms with E-state index in [0.717, 1.165) is 11.1 Å². The van der Waals surface area contributed by atoms with E-state index in [1.165, 1.54) is 5.56 Å². The number of halogens is 1. The summed E-state index contributed by atoms with van der Waals surface area (Å²) in [7, 11) is 0. The third kappa shape index (κ3) is 4.60. The smallest absolute Gasteiger partial charge is 0.166 e. The van der Waals surface area contributed by atoms with Gasteiger partial charge < -0.3 is 4.74 Å². The minimum atomic E-state index is 0.0863. The first-order valence-corrected chi connectivity index (χ1v) is 8.02. The molecule has 0 radical (unpaired) electrons. The largest absolute Gasteiger partial charge is 0.488 e. The highest BCUT2D eigenvalue weighted by Crippen LogP contribution is 2.23. The summed E-state index contributed by atoms with van der Waals surface area (Å²) in [6.45, 7) is 4.49. The molecule has 0 aliphatic heterocycles. The maximum atomic E-state index is 12.3. The Morgan fingerprint density at radius 2 is 1.73 bits per heavy atom. The normalized spacial score (nSPS) is 10.5. The van der Waals surface area contributed by atoms with Crippen LogP contribution in [0.4, 0.5) is 0 Å². The Hall–Kier alpha value is -1.80. The van der Waals surface area contributed by atoms with Crippen molar-refractivity contribution in [2.24, 2.45) is 0 Å². The van der Waals surface area contributed by atoms with Gasteiger partial charge in [0, 0.05) is 12.3 Å². The van der Waals surface area contributed by atoms with E-state index in [1.54, 1.807) is 0 Å². The fraction of sp³-hybridized carbons (Fsp3) is 0.316. The van der Waals surface area contributed by atoms with Gasteiger partial charge in [0.25, 0.3) is 0 Å². The molecule has 0 aliphatic rings. The molecule has 0 aromatic heterocycles. The Balaban J connectivity index is 2.12. The third-order valence-electron chi connectivity index (χ3n) is 3.49. The van der Waals surface area contributed by atoms with Crippen LogP contribution in [0.1, 0.15) is 39.9 Å². The van der Waals surface area contributed by atoms with Crippen molar-refractivity contribution in [2.45, 2.75) is 33.3 Å². The van der Waals surface area contributed by atoms with Crippen molar-refractivity contribution in [2.75, 3.05) is 5.88 Å². The number of alkyl halides is 1. The van der Waals surface area contributed by atoms with Gasteiger partial charge >= 0.3 is 0 Å². The Morgan fingerprint density at radius 1 is 1.05 bits per heavy atom. The second-order valence-electron chi connectivity index (χ2n) is 5.49. The molecule has 2 aromatic carbocycles. The van der Waals surface area contributed by atoms with E-state index in [9.17, 15) is 4.79 Å². The SMILES string of the molecule is Cc1ccc(COc2ccc(C)cc2C(=O)CCCCl)cc1. The number of aryl methyl sites for hydroxylation is 2. The van der Waals surface area contributed by atoms with Crippen LogP contribution < -0.4 is 4.74 Å². The molecule has 0 atom stereocenters. The van der Waals surface area contributed by atoms with Crippen molar-refractivity contribution >= 4 is 17.4 Å². The summed E-state index contributed by atoms with van der Waals surface area (Å²) in [6, 6.07) is 13.9. The molecule has 2 aromatic rings. The molecule has 0 unspecified atom stereocenters. The van der Waals surface area contributed by atoms with E-state index in [1.807, 2.05) is 37.3 Å². The zero-order chi connectivity index (χ0) is 15.9. The Morgan fingerprint density at radius 3 is 2.41 bits per heavy atom. The van der Waals surface area contributed by atoms with Crippen LogP contribution in [0.25, 0.3) is 0 Å². The minimum absolute atomic E-state index is 0.0863. The van der Waals surface area contributed by atoms with Crippen molar-refractivity contribution in [3.8, 4) is 5.75 Å². The molecule has 2 rings (SSSR count). The molecule has 0 saturated carbocycles. The van der Waals surface area contributed by atoms with Crippen molar-refractivity contribution in [1.82, 2.24) is 0 Å². The van der Waals surface area contributed by atoms with Gasteiger partial charge in [-0.25, -0.2) is 0 Å². The number of hydrogen-bond acceptors (Lipinski definition) is 2. The summed E-state index contributed by atoms with van der Waals surface area (Å²) < 4.78 is 5.87. The summed E-state index contributed by atoms with van der Waals surface area (Å²) in [5, 5.41) is 0. The quantitative estimate of drug-likeness (QED) is 0.525. The number of ether oxygens (including phenoxy) is 1. The van der Waals surface area contributed by atoms with Gasteiger partial charge in [0.05, 0.1) is 5.56 Å². The van der Waals surface area contributed by atoms with Crippen molar-refractivity contribution in [1.29, 1.82) is 0 Å². The summed E-state index contributed by atoms with van der Waals surface area (Å²) in [5.74, 6) is 1.23. The average molecular weight is 317 g/mol. The first kappa shape index (κ1) is 16.6. The number of hydrogen-bond donors (Lipinski definition) is 0. The maximum Gasteiger partial charge on any atom is 0.166 e. The number of carbonyl (C=O) groups excluding carboxylic acids is 1. The molecule has 0 bridgehead atoms. The summed E-state index contributed by atoms with van der Waals surface area (Å²) in [6.07, 6.45) is 1.14. The van der Waals surface area contributed by atoms with Gasteiger partial charge in [-0.15, -0.1) is 11.6 Å². The van der Waals surface area contributed by atoms with E-state index in [0.29, 0.717) is 36.6 Å². The van der Waals surface area contributed by atoms with Gasteiger partial charge in [0.1, 0.15) is 12.4 Å². The van der Waals surface area contributed by atoms with Crippen LogP contribution in [-0.2, 0) is 6.61 Å². The van der Waals surface area contributed by atoms with Crippen LogP contribution >= 0.6 is 11.6 Å². The molecule has 22 heavy (non-hydrogen) atoms. The molecule has 3 heteroatoms. The molecule has 0 aliphatic carbocycles. The fourth-order valence-electron chi connectivity index (χ4n) is 2.20. The monoisotopic (exact) mass is 316 g/mol. The van der Waals surface area contributed by atoms with E-state index in [2.05, 4.69) is 19.1 Å². The zero-order valence-electron chi connectivity index (χ0n) is 13.1. The van der Waals surface area contributed by atoms with Crippen molar-refractivity contribution in [3.63, 3.8) is 0 Å². The second-order valence-corrected chi connectivity index (χ2v) is 5.87. The molecule has 0 fully saturated rings.